The molecule has 7 heteroatoms. The Bertz CT molecular complexity index is 671. The van der Waals surface area contributed by atoms with Crippen molar-refractivity contribution in [2.75, 3.05) is 5.32 Å². The van der Waals surface area contributed by atoms with Crippen LogP contribution in [0, 0.1) is 5.41 Å². The lowest BCUT2D eigenvalue weighted by Crippen LogP contribution is -2.26. The molecule has 0 saturated heterocycles. The van der Waals surface area contributed by atoms with Crippen LogP contribution < -0.4 is 5.32 Å². The lowest BCUT2D eigenvalue weighted by atomic mass is 10.1. The van der Waals surface area contributed by atoms with Gasteiger partial charge in [-0.25, -0.2) is 9.67 Å². The SMILES string of the molecule is C[C@]1(C(=O)Nc2ccccc2Cn2cncn2)CC1(Cl)Cl. The van der Waals surface area contributed by atoms with Gasteiger partial charge >= 0.3 is 0 Å². The van der Waals surface area contributed by atoms with Crippen LogP contribution in [0.3, 0.4) is 0 Å². The monoisotopic (exact) mass is 324 g/mol. The van der Waals surface area contributed by atoms with E-state index in [4.69, 9.17) is 23.2 Å². The van der Waals surface area contributed by atoms with Gasteiger partial charge < -0.3 is 5.32 Å². The second-order valence-corrected chi connectivity index (χ2v) is 6.90. The molecule has 1 saturated carbocycles. The number of para-hydroxylation sites is 1. The zero-order valence-corrected chi connectivity index (χ0v) is 12.9. The smallest absolute Gasteiger partial charge is 0.233 e. The van der Waals surface area contributed by atoms with Crippen LogP contribution in [-0.2, 0) is 11.3 Å². The quantitative estimate of drug-likeness (QED) is 0.880. The van der Waals surface area contributed by atoms with Crippen molar-refractivity contribution >= 4 is 34.8 Å². The van der Waals surface area contributed by atoms with Gasteiger partial charge in [0.25, 0.3) is 0 Å². The van der Waals surface area contributed by atoms with Crippen LogP contribution in [0.15, 0.2) is 36.9 Å². The number of aromatic nitrogens is 3. The largest absolute Gasteiger partial charge is 0.325 e. The second-order valence-electron chi connectivity index (χ2n) is 5.42. The predicted octanol–water partition coefficient (Wildman–Crippen LogP) is 2.85. The Morgan fingerprint density at radius 2 is 2.14 bits per heavy atom. The molecule has 1 atom stereocenters. The third kappa shape index (κ3) is 2.63. The van der Waals surface area contributed by atoms with Crippen LogP contribution in [0.2, 0.25) is 0 Å². The number of benzene rings is 1. The molecule has 1 aliphatic carbocycles. The van der Waals surface area contributed by atoms with E-state index in [-0.39, 0.29) is 5.91 Å². The molecule has 0 spiro atoms. The Labute approximate surface area is 132 Å². The number of alkyl halides is 2. The minimum absolute atomic E-state index is 0.168. The fourth-order valence-corrected chi connectivity index (χ4v) is 2.88. The van der Waals surface area contributed by atoms with Crippen molar-refractivity contribution in [1.29, 1.82) is 0 Å². The summed E-state index contributed by atoms with van der Waals surface area (Å²) >= 11 is 12.1. The summed E-state index contributed by atoms with van der Waals surface area (Å²) in [5.41, 5.74) is 0.932. The highest BCUT2D eigenvalue weighted by molar-refractivity contribution is 6.53. The zero-order chi connectivity index (χ0) is 15.1. The molecule has 1 aromatic heterocycles. The van der Waals surface area contributed by atoms with Crippen molar-refractivity contribution in [3.63, 3.8) is 0 Å². The van der Waals surface area contributed by atoms with Gasteiger partial charge in [0.15, 0.2) is 0 Å². The number of anilines is 1. The first-order valence-electron chi connectivity index (χ1n) is 6.52. The van der Waals surface area contributed by atoms with Crippen molar-refractivity contribution < 1.29 is 4.79 Å². The van der Waals surface area contributed by atoms with E-state index >= 15 is 0 Å². The maximum atomic E-state index is 12.4. The second kappa shape index (κ2) is 5.00. The molecular formula is C14H14Cl2N4O. The number of hydrogen-bond donors (Lipinski definition) is 1. The molecule has 0 bridgehead atoms. The van der Waals surface area contributed by atoms with Gasteiger partial charge in [0, 0.05) is 5.69 Å². The highest BCUT2D eigenvalue weighted by Crippen LogP contribution is 2.64. The highest BCUT2D eigenvalue weighted by Gasteiger charge is 2.67. The highest BCUT2D eigenvalue weighted by atomic mass is 35.5. The van der Waals surface area contributed by atoms with Crippen LogP contribution in [0.1, 0.15) is 18.9 Å². The van der Waals surface area contributed by atoms with E-state index in [2.05, 4.69) is 15.4 Å². The molecule has 1 amide bonds. The molecule has 0 radical (unpaired) electrons. The molecule has 2 aromatic rings. The van der Waals surface area contributed by atoms with E-state index in [1.807, 2.05) is 24.3 Å². The normalized spacial score (nSPS) is 22.8. The van der Waals surface area contributed by atoms with Gasteiger partial charge in [-0.2, -0.15) is 5.10 Å². The molecule has 0 aliphatic heterocycles. The molecule has 1 N–H and O–H groups in total. The third-order valence-electron chi connectivity index (χ3n) is 3.82. The van der Waals surface area contributed by atoms with Crippen molar-refractivity contribution in [3.8, 4) is 0 Å². The third-order valence-corrected chi connectivity index (χ3v) is 4.92. The summed E-state index contributed by atoms with van der Waals surface area (Å²) in [4.78, 5) is 16.3. The Balaban J connectivity index is 1.79. The van der Waals surface area contributed by atoms with Crippen LogP contribution in [0.25, 0.3) is 0 Å². The van der Waals surface area contributed by atoms with E-state index in [1.165, 1.54) is 6.33 Å². The summed E-state index contributed by atoms with van der Waals surface area (Å²) in [5.74, 6) is -0.168. The van der Waals surface area contributed by atoms with E-state index in [0.29, 0.717) is 13.0 Å². The summed E-state index contributed by atoms with van der Waals surface area (Å²) in [6.45, 7) is 2.29. The molecular weight excluding hydrogens is 311 g/mol. The Morgan fingerprint density at radius 1 is 1.43 bits per heavy atom. The predicted molar refractivity (Wildman–Crippen MR) is 81.4 cm³/mol. The Morgan fingerprint density at radius 3 is 2.76 bits per heavy atom. The molecule has 0 unspecified atom stereocenters. The molecule has 3 rings (SSSR count). The van der Waals surface area contributed by atoms with E-state index in [9.17, 15) is 4.79 Å². The summed E-state index contributed by atoms with van der Waals surface area (Å²) in [6.07, 6.45) is 3.56. The van der Waals surface area contributed by atoms with Crippen LogP contribution in [0.4, 0.5) is 5.69 Å². The number of nitrogens with zero attached hydrogens (tertiary/aromatic N) is 3. The number of halogens is 2. The molecule has 21 heavy (non-hydrogen) atoms. The Kier molecular flexibility index (Phi) is 3.42. The summed E-state index contributed by atoms with van der Waals surface area (Å²) in [6, 6.07) is 7.56. The van der Waals surface area contributed by atoms with Gasteiger partial charge in [-0.15, -0.1) is 23.2 Å². The number of amides is 1. The minimum Gasteiger partial charge on any atom is -0.325 e. The molecule has 5 nitrogen and oxygen atoms in total. The molecule has 110 valence electrons. The number of carbonyl (C=O) groups excluding carboxylic acids is 1. The number of rotatable bonds is 4. The maximum Gasteiger partial charge on any atom is 0.233 e. The summed E-state index contributed by atoms with van der Waals surface area (Å²) in [5, 5.41) is 6.98. The van der Waals surface area contributed by atoms with Crippen molar-refractivity contribution in [1.82, 2.24) is 14.8 Å². The van der Waals surface area contributed by atoms with E-state index < -0.39 is 9.75 Å². The first-order valence-corrected chi connectivity index (χ1v) is 7.28. The van der Waals surface area contributed by atoms with Crippen molar-refractivity contribution in [3.05, 3.63) is 42.5 Å². The fourth-order valence-electron chi connectivity index (χ4n) is 2.18. The van der Waals surface area contributed by atoms with Gasteiger partial charge in [0.1, 0.15) is 17.0 Å². The lowest BCUT2D eigenvalue weighted by Gasteiger charge is -2.15. The van der Waals surface area contributed by atoms with Crippen molar-refractivity contribution in [2.24, 2.45) is 5.41 Å². The summed E-state index contributed by atoms with van der Waals surface area (Å²) in [7, 11) is 0. The number of hydrogen-bond acceptors (Lipinski definition) is 3. The minimum atomic E-state index is -0.974. The van der Waals surface area contributed by atoms with E-state index in [1.54, 1.807) is 17.9 Å². The van der Waals surface area contributed by atoms with Crippen LogP contribution in [-0.4, -0.2) is 25.0 Å². The topological polar surface area (TPSA) is 59.8 Å². The maximum absolute atomic E-state index is 12.4. The van der Waals surface area contributed by atoms with Gasteiger partial charge in [0.2, 0.25) is 5.91 Å². The molecule has 1 heterocycles. The van der Waals surface area contributed by atoms with Gasteiger partial charge in [-0.1, -0.05) is 18.2 Å². The zero-order valence-electron chi connectivity index (χ0n) is 11.4. The number of carbonyl (C=O) groups is 1. The first kappa shape index (κ1) is 14.4. The van der Waals surface area contributed by atoms with Crippen LogP contribution in [0.5, 0.6) is 0 Å². The summed E-state index contributed by atoms with van der Waals surface area (Å²) < 4.78 is 0.717. The molecule has 1 aromatic carbocycles. The average molecular weight is 325 g/mol. The van der Waals surface area contributed by atoms with Gasteiger partial charge in [0.05, 0.1) is 12.0 Å². The molecule has 1 fully saturated rings. The fraction of sp³-hybridized carbons (Fsp3) is 0.357. The molecule has 1 aliphatic rings. The van der Waals surface area contributed by atoms with Crippen molar-refractivity contribution in [2.45, 2.75) is 24.2 Å². The van der Waals surface area contributed by atoms with Gasteiger partial charge in [-0.3, -0.25) is 4.79 Å². The average Bonchev–Trinajstić information content (AvgIpc) is 2.81. The Hall–Kier alpha value is -1.59. The first-order chi connectivity index (χ1) is 9.92. The van der Waals surface area contributed by atoms with E-state index in [0.717, 1.165) is 11.3 Å². The number of nitrogens with one attached hydrogen (secondary N) is 1. The van der Waals surface area contributed by atoms with Gasteiger partial charge in [-0.05, 0) is 25.0 Å². The lowest BCUT2D eigenvalue weighted by molar-refractivity contribution is -0.120. The van der Waals surface area contributed by atoms with Crippen LogP contribution >= 0.6 is 23.2 Å². The standard InChI is InChI=1S/C14H14Cl2N4O/c1-13(7-14(13,15)16)12(21)19-11-5-3-2-4-10(11)6-20-9-17-8-18-20/h2-5,8-9H,6-7H2,1H3,(H,19,21)/t13-/m1/s1.